The lowest BCUT2D eigenvalue weighted by atomic mass is 9.75. The molecule has 0 aliphatic rings. The molecule has 19 heavy (non-hydrogen) atoms. The van der Waals surface area contributed by atoms with Crippen molar-refractivity contribution >= 4 is 11.9 Å². The van der Waals surface area contributed by atoms with Crippen LogP contribution < -0.4 is 0 Å². The number of carboxylic acids is 2. The molecule has 0 aliphatic heterocycles. The first kappa shape index (κ1) is 14.6. The van der Waals surface area contributed by atoms with Gasteiger partial charge in [-0.1, -0.05) is 0 Å². The minimum atomic E-state index is -1.10. The number of pyridine rings is 1. The maximum atomic E-state index is 10.7. The smallest absolute Gasteiger partial charge is 0.303 e. The molecule has 6 nitrogen and oxygen atoms in total. The maximum absolute atomic E-state index is 10.7. The van der Waals surface area contributed by atoms with Crippen LogP contribution in [0.25, 0.3) is 0 Å². The third kappa shape index (κ3) is 4.07. The molecule has 0 unspecified atom stereocenters. The molecule has 0 bridgehead atoms. The number of rotatable bonds is 7. The molecule has 0 radical (unpaired) electrons. The molecule has 1 heterocycles. The lowest BCUT2D eigenvalue weighted by Crippen LogP contribution is -2.26. The molecule has 0 amide bonds. The van der Waals surface area contributed by atoms with Gasteiger partial charge in [0.05, 0.1) is 11.5 Å². The average Bonchev–Trinajstić information content (AvgIpc) is 2.40. The summed E-state index contributed by atoms with van der Waals surface area (Å²) in [6.45, 7) is 0. The van der Waals surface area contributed by atoms with Gasteiger partial charge in [0.2, 0.25) is 0 Å². The van der Waals surface area contributed by atoms with Crippen LogP contribution in [0, 0.1) is 11.3 Å². The van der Waals surface area contributed by atoms with Crippen LogP contribution in [0.5, 0.6) is 0 Å². The van der Waals surface area contributed by atoms with E-state index in [2.05, 4.69) is 11.1 Å². The zero-order valence-corrected chi connectivity index (χ0v) is 10.2. The molecule has 100 valence electrons. The number of nitriles is 1. The van der Waals surface area contributed by atoms with E-state index < -0.39 is 17.4 Å². The fourth-order valence-corrected chi connectivity index (χ4v) is 1.90. The lowest BCUT2D eigenvalue weighted by molar-refractivity contribution is -0.137. The van der Waals surface area contributed by atoms with Crippen molar-refractivity contribution in [1.82, 2.24) is 4.98 Å². The van der Waals surface area contributed by atoms with E-state index in [0.717, 1.165) is 0 Å². The quantitative estimate of drug-likeness (QED) is 0.771. The van der Waals surface area contributed by atoms with Gasteiger partial charge in [0.1, 0.15) is 0 Å². The summed E-state index contributed by atoms with van der Waals surface area (Å²) >= 11 is 0. The molecule has 0 saturated heterocycles. The number of hydrogen-bond acceptors (Lipinski definition) is 4. The maximum Gasteiger partial charge on any atom is 0.303 e. The van der Waals surface area contributed by atoms with Crippen LogP contribution in [0.15, 0.2) is 24.5 Å². The van der Waals surface area contributed by atoms with Crippen LogP contribution in [0.2, 0.25) is 0 Å². The Morgan fingerprint density at radius 2 is 1.63 bits per heavy atom. The number of carbonyl (C=O) groups is 2. The minimum absolute atomic E-state index is 0.0795. The largest absolute Gasteiger partial charge is 0.481 e. The summed E-state index contributed by atoms with van der Waals surface area (Å²) in [4.78, 5) is 25.2. The van der Waals surface area contributed by atoms with Gasteiger partial charge < -0.3 is 10.2 Å². The normalized spacial score (nSPS) is 10.7. The van der Waals surface area contributed by atoms with Crippen molar-refractivity contribution in [2.24, 2.45) is 0 Å². The monoisotopic (exact) mass is 262 g/mol. The first-order valence-electron chi connectivity index (χ1n) is 5.75. The Hall–Kier alpha value is -2.42. The molecular formula is C13H14N2O4. The van der Waals surface area contributed by atoms with E-state index in [4.69, 9.17) is 10.2 Å². The molecular weight excluding hydrogens is 248 g/mol. The number of aliphatic carboxylic acids is 2. The topological polar surface area (TPSA) is 111 Å². The number of nitrogens with zero attached hydrogens (tertiary/aromatic N) is 2. The second-order valence-electron chi connectivity index (χ2n) is 4.22. The summed E-state index contributed by atoms with van der Waals surface area (Å²) in [6, 6.07) is 5.32. The van der Waals surface area contributed by atoms with Crippen LogP contribution in [0.1, 0.15) is 31.2 Å². The summed E-state index contributed by atoms with van der Waals surface area (Å²) in [5, 5.41) is 26.9. The van der Waals surface area contributed by atoms with E-state index in [1.165, 1.54) is 12.4 Å². The van der Waals surface area contributed by atoms with Gasteiger partial charge in [-0.15, -0.1) is 0 Å². The highest BCUT2D eigenvalue weighted by Crippen LogP contribution is 2.33. The predicted octanol–water partition coefficient (Wildman–Crippen LogP) is 1.57. The molecule has 0 aromatic carbocycles. The van der Waals surface area contributed by atoms with Crippen LogP contribution >= 0.6 is 0 Å². The van der Waals surface area contributed by atoms with Gasteiger partial charge in [-0.3, -0.25) is 14.6 Å². The van der Waals surface area contributed by atoms with E-state index >= 15 is 0 Å². The molecule has 0 fully saturated rings. The van der Waals surface area contributed by atoms with E-state index in [1.54, 1.807) is 12.1 Å². The molecule has 6 heteroatoms. The van der Waals surface area contributed by atoms with Gasteiger partial charge in [-0.2, -0.15) is 5.26 Å². The number of carboxylic acid groups (broad SMARTS) is 2. The predicted molar refractivity (Wildman–Crippen MR) is 65.3 cm³/mol. The van der Waals surface area contributed by atoms with Crippen molar-refractivity contribution < 1.29 is 19.8 Å². The standard InChI is InChI=1S/C13H14N2O4/c14-9-13(5-1-11(16)17,6-2-12(18)19)10-3-7-15-8-4-10/h3-4,7-8H,1-2,5-6H2,(H,16,17)(H,18,19). The van der Waals surface area contributed by atoms with Crippen LogP contribution in [-0.2, 0) is 15.0 Å². The zero-order chi connectivity index (χ0) is 14.3. The SMILES string of the molecule is N#CC(CCC(=O)O)(CCC(=O)O)c1ccncc1. The Kier molecular flexibility index (Phi) is 5.01. The molecule has 1 rings (SSSR count). The molecule has 1 aromatic heterocycles. The lowest BCUT2D eigenvalue weighted by Gasteiger charge is -2.25. The van der Waals surface area contributed by atoms with Crippen molar-refractivity contribution in [1.29, 1.82) is 5.26 Å². The second kappa shape index (κ2) is 6.50. The van der Waals surface area contributed by atoms with Gasteiger partial charge in [0.15, 0.2) is 0 Å². The van der Waals surface area contributed by atoms with E-state index in [-0.39, 0.29) is 25.7 Å². The molecule has 0 saturated carbocycles. The Balaban J connectivity index is 3.03. The molecule has 2 N–H and O–H groups in total. The van der Waals surface area contributed by atoms with Crippen molar-refractivity contribution in [3.63, 3.8) is 0 Å². The van der Waals surface area contributed by atoms with Gasteiger partial charge >= 0.3 is 11.9 Å². The number of hydrogen-bond donors (Lipinski definition) is 2. The van der Waals surface area contributed by atoms with Gasteiger partial charge in [-0.05, 0) is 30.5 Å². The Labute approximate surface area is 110 Å². The summed E-state index contributed by atoms with van der Waals surface area (Å²) in [7, 11) is 0. The third-order valence-electron chi connectivity index (χ3n) is 2.98. The second-order valence-corrected chi connectivity index (χ2v) is 4.22. The van der Waals surface area contributed by atoms with E-state index in [0.29, 0.717) is 5.56 Å². The Morgan fingerprint density at radius 3 is 2.00 bits per heavy atom. The van der Waals surface area contributed by atoms with Crippen molar-refractivity contribution in [3.8, 4) is 6.07 Å². The Bertz CT molecular complexity index is 475. The van der Waals surface area contributed by atoms with Crippen LogP contribution in [0.3, 0.4) is 0 Å². The van der Waals surface area contributed by atoms with Gasteiger partial charge in [-0.25, -0.2) is 0 Å². The molecule has 1 aromatic rings. The third-order valence-corrected chi connectivity index (χ3v) is 2.98. The van der Waals surface area contributed by atoms with Crippen molar-refractivity contribution in [3.05, 3.63) is 30.1 Å². The summed E-state index contributed by atoms with van der Waals surface area (Å²) in [5.74, 6) is -2.02. The first-order valence-corrected chi connectivity index (χ1v) is 5.75. The average molecular weight is 262 g/mol. The fraction of sp³-hybridized carbons (Fsp3) is 0.385. The molecule has 0 spiro atoms. The molecule has 0 atom stereocenters. The van der Waals surface area contributed by atoms with E-state index in [1.807, 2.05) is 0 Å². The first-order chi connectivity index (χ1) is 9.00. The van der Waals surface area contributed by atoms with Crippen molar-refractivity contribution in [2.45, 2.75) is 31.1 Å². The Morgan fingerprint density at radius 1 is 1.16 bits per heavy atom. The van der Waals surface area contributed by atoms with Gasteiger partial charge in [0, 0.05) is 25.2 Å². The van der Waals surface area contributed by atoms with Gasteiger partial charge in [0.25, 0.3) is 0 Å². The highest BCUT2D eigenvalue weighted by atomic mass is 16.4. The highest BCUT2D eigenvalue weighted by molar-refractivity contribution is 5.68. The van der Waals surface area contributed by atoms with Crippen LogP contribution in [-0.4, -0.2) is 27.1 Å². The summed E-state index contributed by atoms with van der Waals surface area (Å²) < 4.78 is 0. The minimum Gasteiger partial charge on any atom is -0.481 e. The van der Waals surface area contributed by atoms with E-state index in [9.17, 15) is 14.9 Å². The van der Waals surface area contributed by atoms with Crippen molar-refractivity contribution in [2.75, 3.05) is 0 Å². The number of aromatic nitrogens is 1. The van der Waals surface area contributed by atoms with Crippen LogP contribution in [0.4, 0.5) is 0 Å². The summed E-state index contributed by atoms with van der Waals surface area (Å²) in [5.41, 5.74) is -0.493. The highest BCUT2D eigenvalue weighted by Gasteiger charge is 2.33. The molecule has 0 aliphatic carbocycles. The summed E-state index contributed by atoms with van der Waals surface area (Å²) in [6.07, 6.45) is 2.79. The zero-order valence-electron chi connectivity index (χ0n) is 10.2. The fourth-order valence-electron chi connectivity index (χ4n) is 1.90.